The molecule has 0 unspecified atom stereocenters. The van der Waals surface area contributed by atoms with Crippen molar-refractivity contribution in [3.05, 3.63) is 120 Å². The highest BCUT2D eigenvalue weighted by molar-refractivity contribution is 5.98. The van der Waals surface area contributed by atoms with Crippen molar-refractivity contribution in [2.45, 2.75) is 83.1 Å². The smallest absolute Gasteiger partial charge is 0.408 e. The average Bonchev–Trinajstić information content (AvgIpc) is 3.64. The molecule has 0 aliphatic carbocycles. The van der Waals surface area contributed by atoms with Crippen LogP contribution in [-0.4, -0.2) is 70.3 Å². The normalized spacial score (nSPS) is 13.2. The SMILES string of the molecule is CC(C)C[C@H](NC(=O)OCc1ccccc1)C(=O)N[C@@H](Cc1ccccc1)C(=O)N[C@@H](CCC(N)=O)C(=O)N[C@H](/C=C/C(=O)n1ccc2ccccc21)CCC(N)=O. The molecule has 15 nitrogen and oxygen atoms in total. The van der Waals surface area contributed by atoms with Gasteiger partial charge in [0.15, 0.2) is 0 Å². The predicted molar refractivity (Wildman–Crippen MR) is 218 cm³/mol. The maximum Gasteiger partial charge on any atom is 0.408 e. The zero-order chi connectivity index (χ0) is 42.0. The molecule has 58 heavy (non-hydrogen) atoms. The molecular formula is C43H51N7O8. The van der Waals surface area contributed by atoms with Gasteiger partial charge in [0.1, 0.15) is 24.7 Å². The number of hydrogen-bond acceptors (Lipinski definition) is 8. The third-order valence-electron chi connectivity index (χ3n) is 9.09. The van der Waals surface area contributed by atoms with Crippen LogP contribution >= 0.6 is 0 Å². The molecule has 3 aromatic carbocycles. The molecule has 4 aromatic rings. The summed E-state index contributed by atoms with van der Waals surface area (Å²) in [5.74, 6) is -3.96. The Bertz CT molecular complexity index is 2070. The molecule has 0 saturated carbocycles. The van der Waals surface area contributed by atoms with Gasteiger partial charge in [0.25, 0.3) is 5.91 Å². The first-order valence-electron chi connectivity index (χ1n) is 19.1. The Labute approximate surface area is 336 Å². The van der Waals surface area contributed by atoms with Crippen LogP contribution in [0.1, 0.15) is 61.9 Å². The van der Waals surface area contributed by atoms with Crippen LogP contribution in [0.3, 0.4) is 0 Å². The van der Waals surface area contributed by atoms with Gasteiger partial charge in [0.2, 0.25) is 29.5 Å². The van der Waals surface area contributed by atoms with E-state index in [-0.39, 0.29) is 51.0 Å². The summed E-state index contributed by atoms with van der Waals surface area (Å²) >= 11 is 0. The van der Waals surface area contributed by atoms with Gasteiger partial charge in [-0.25, -0.2) is 4.79 Å². The molecule has 0 saturated heterocycles. The highest BCUT2D eigenvalue weighted by Gasteiger charge is 2.31. The molecule has 1 aromatic heterocycles. The van der Waals surface area contributed by atoms with E-state index >= 15 is 0 Å². The lowest BCUT2D eigenvalue weighted by Gasteiger charge is -2.26. The van der Waals surface area contributed by atoms with Gasteiger partial charge in [-0.2, -0.15) is 0 Å². The number of benzene rings is 3. The summed E-state index contributed by atoms with van der Waals surface area (Å²) in [4.78, 5) is 91.3. The maximum absolute atomic E-state index is 14.1. The van der Waals surface area contributed by atoms with E-state index in [9.17, 15) is 33.6 Å². The number of nitrogens with one attached hydrogen (secondary N) is 4. The fourth-order valence-corrected chi connectivity index (χ4v) is 6.12. The second kappa shape index (κ2) is 22.1. The Kier molecular flexibility index (Phi) is 16.7. The standard InChI is InChI=1S/C43H51N7O8/c1-28(2)25-34(49-43(57)58-27-30-13-7-4-8-14-30)41(55)48-35(26-29-11-5-3-6-12-29)42(56)47-33(19-21-38(45)52)40(54)46-32(17-20-37(44)51)18-22-39(53)50-24-23-31-15-9-10-16-36(31)50/h3-16,18,22-24,28,32-35H,17,19-21,25-27H2,1-2H3,(H2,44,51)(H2,45,52)(H,46,54)(H,47,56)(H,48,55)(H,49,57)/b22-18+/t32-,33-,34-,35-/m0/s1. The summed E-state index contributed by atoms with van der Waals surface area (Å²) in [6.45, 7) is 3.73. The third-order valence-corrected chi connectivity index (χ3v) is 9.09. The lowest BCUT2D eigenvalue weighted by atomic mass is 10.0. The summed E-state index contributed by atoms with van der Waals surface area (Å²) < 4.78 is 6.79. The first-order valence-corrected chi connectivity index (χ1v) is 19.1. The van der Waals surface area contributed by atoms with Gasteiger partial charge in [0.05, 0.1) is 5.52 Å². The minimum absolute atomic E-state index is 0.00951. The predicted octanol–water partition coefficient (Wildman–Crippen LogP) is 3.41. The summed E-state index contributed by atoms with van der Waals surface area (Å²) in [6, 6.07) is 22.4. The summed E-state index contributed by atoms with van der Waals surface area (Å²) in [5.41, 5.74) is 13.0. The Morgan fingerprint density at radius 1 is 0.655 bits per heavy atom. The van der Waals surface area contributed by atoms with Crippen molar-refractivity contribution in [3.63, 3.8) is 0 Å². The fourth-order valence-electron chi connectivity index (χ4n) is 6.12. The molecule has 4 rings (SSSR count). The molecule has 4 atom stereocenters. The first kappa shape index (κ1) is 44.0. The van der Waals surface area contributed by atoms with Crippen molar-refractivity contribution in [2.75, 3.05) is 0 Å². The molecule has 0 aliphatic rings. The van der Waals surface area contributed by atoms with E-state index < -0.39 is 65.7 Å². The Morgan fingerprint density at radius 2 is 1.22 bits per heavy atom. The molecule has 0 bridgehead atoms. The number of nitrogens with zero attached hydrogens (tertiary/aromatic N) is 1. The number of nitrogens with two attached hydrogens (primary N) is 2. The number of amides is 6. The molecule has 8 N–H and O–H groups in total. The molecule has 0 spiro atoms. The van der Waals surface area contributed by atoms with Crippen molar-refractivity contribution >= 4 is 52.4 Å². The highest BCUT2D eigenvalue weighted by Crippen LogP contribution is 2.16. The number of ether oxygens (including phenoxy) is 1. The van der Waals surface area contributed by atoms with Crippen LogP contribution in [0.15, 0.2) is 109 Å². The van der Waals surface area contributed by atoms with E-state index in [2.05, 4.69) is 21.3 Å². The molecule has 0 fully saturated rings. The van der Waals surface area contributed by atoms with Crippen molar-refractivity contribution in [2.24, 2.45) is 17.4 Å². The van der Waals surface area contributed by atoms with Gasteiger partial charge in [-0.15, -0.1) is 0 Å². The van der Waals surface area contributed by atoms with Gasteiger partial charge >= 0.3 is 6.09 Å². The van der Waals surface area contributed by atoms with E-state index in [1.54, 1.807) is 79.0 Å². The average molecular weight is 794 g/mol. The quantitative estimate of drug-likeness (QED) is 0.0683. The molecule has 0 aliphatic heterocycles. The van der Waals surface area contributed by atoms with Crippen molar-refractivity contribution in [1.82, 2.24) is 25.8 Å². The van der Waals surface area contributed by atoms with Crippen molar-refractivity contribution in [1.29, 1.82) is 0 Å². The van der Waals surface area contributed by atoms with Crippen LogP contribution in [0.4, 0.5) is 4.79 Å². The summed E-state index contributed by atoms with van der Waals surface area (Å²) in [7, 11) is 0. The number of carbonyl (C=O) groups is 7. The maximum atomic E-state index is 14.1. The van der Waals surface area contributed by atoms with Gasteiger partial charge in [-0.05, 0) is 48.4 Å². The zero-order valence-electron chi connectivity index (χ0n) is 32.6. The summed E-state index contributed by atoms with van der Waals surface area (Å²) in [5, 5.41) is 11.6. The van der Waals surface area contributed by atoms with Gasteiger partial charge in [-0.1, -0.05) is 98.8 Å². The molecule has 6 amide bonds. The van der Waals surface area contributed by atoms with Crippen LogP contribution in [0.2, 0.25) is 0 Å². The Morgan fingerprint density at radius 3 is 1.88 bits per heavy atom. The van der Waals surface area contributed by atoms with Crippen LogP contribution < -0.4 is 32.7 Å². The van der Waals surface area contributed by atoms with E-state index in [4.69, 9.17) is 16.2 Å². The highest BCUT2D eigenvalue weighted by atomic mass is 16.5. The zero-order valence-corrected chi connectivity index (χ0v) is 32.6. The number of hydrogen-bond donors (Lipinski definition) is 6. The van der Waals surface area contributed by atoms with Crippen LogP contribution in [-0.2, 0) is 41.7 Å². The number of para-hydroxylation sites is 1. The Hall–Kier alpha value is -6.77. The van der Waals surface area contributed by atoms with Crippen LogP contribution in [0.25, 0.3) is 10.9 Å². The van der Waals surface area contributed by atoms with Crippen molar-refractivity contribution < 1.29 is 38.3 Å². The molecule has 15 heteroatoms. The number of aromatic nitrogens is 1. The molecule has 0 radical (unpaired) electrons. The first-order chi connectivity index (χ1) is 27.8. The minimum atomic E-state index is -1.33. The van der Waals surface area contributed by atoms with Gasteiger partial charge < -0.3 is 37.5 Å². The van der Waals surface area contributed by atoms with Crippen LogP contribution in [0, 0.1) is 5.92 Å². The van der Waals surface area contributed by atoms with Crippen molar-refractivity contribution in [3.8, 4) is 0 Å². The summed E-state index contributed by atoms with van der Waals surface area (Å²) in [6.07, 6.45) is 3.13. The number of allylic oxidation sites excluding steroid dienone is 1. The van der Waals surface area contributed by atoms with E-state index in [1.165, 1.54) is 16.7 Å². The number of fused-ring (bicyclic) bond motifs is 1. The molecule has 1 heterocycles. The number of rotatable bonds is 21. The van der Waals surface area contributed by atoms with E-state index in [0.29, 0.717) is 11.1 Å². The Balaban J connectivity index is 1.52. The lowest BCUT2D eigenvalue weighted by molar-refractivity contribution is -0.133. The lowest BCUT2D eigenvalue weighted by Crippen LogP contribution is -2.58. The number of alkyl carbamates (subject to hydrolysis) is 1. The molecular weight excluding hydrogens is 743 g/mol. The fraction of sp³-hybridized carbons (Fsp3) is 0.326. The second-order valence-electron chi connectivity index (χ2n) is 14.3. The van der Waals surface area contributed by atoms with Gasteiger partial charge in [0, 0.05) is 43.0 Å². The third kappa shape index (κ3) is 14.4. The van der Waals surface area contributed by atoms with E-state index in [1.807, 2.05) is 32.0 Å². The monoisotopic (exact) mass is 793 g/mol. The van der Waals surface area contributed by atoms with Crippen LogP contribution in [0.5, 0.6) is 0 Å². The van der Waals surface area contributed by atoms with Gasteiger partial charge in [-0.3, -0.25) is 33.3 Å². The second-order valence-corrected chi connectivity index (χ2v) is 14.3. The topological polar surface area (TPSA) is 234 Å². The number of primary amides is 2. The molecule has 306 valence electrons. The largest absolute Gasteiger partial charge is 0.445 e. The minimum Gasteiger partial charge on any atom is -0.445 e. The van der Waals surface area contributed by atoms with E-state index in [0.717, 1.165) is 10.9 Å². The number of carbonyl (C=O) groups excluding carboxylic acids is 7.